The Bertz CT molecular complexity index is 570. The van der Waals surface area contributed by atoms with Gasteiger partial charge in [0.2, 0.25) is 0 Å². The van der Waals surface area contributed by atoms with Crippen LogP contribution in [-0.4, -0.2) is 25.3 Å². The molecule has 0 saturated carbocycles. The number of hydrogen-bond donors (Lipinski definition) is 0. The molecule has 0 aliphatic rings. The Hall–Kier alpha value is -1.43. The number of aromatic nitrogens is 4. The van der Waals surface area contributed by atoms with Crippen molar-refractivity contribution in [2.75, 3.05) is 0 Å². The van der Waals surface area contributed by atoms with Gasteiger partial charge in [-0.2, -0.15) is 10.2 Å². The number of Topliss-reactive ketones (excluding diaryl/α,β-unsaturated/α-hetero) is 1. The average Bonchev–Trinajstić information content (AvgIpc) is 2.78. The summed E-state index contributed by atoms with van der Waals surface area (Å²) in [5, 5.41) is 8.25. The molecule has 90 valence electrons. The van der Waals surface area contributed by atoms with E-state index in [-0.39, 0.29) is 5.78 Å². The summed E-state index contributed by atoms with van der Waals surface area (Å²) in [5.41, 5.74) is 2.38. The lowest BCUT2D eigenvalue weighted by molar-refractivity contribution is 0.0981. The van der Waals surface area contributed by atoms with Crippen LogP contribution in [0.25, 0.3) is 0 Å². The normalized spacial score (nSPS) is 10.8. The third kappa shape index (κ3) is 2.17. The van der Waals surface area contributed by atoms with Gasteiger partial charge >= 0.3 is 0 Å². The summed E-state index contributed by atoms with van der Waals surface area (Å²) in [6.45, 7) is 1.90. The number of hydrogen-bond acceptors (Lipinski definition) is 3. The van der Waals surface area contributed by atoms with Gasteiger partial charge in [-0.05, 0) is 28.9 Å². The van der Waals surface area contributed by atoms with Gasteiger partial charge in [-0.15, -0.1) is 0 Å². The summed E-state index contributed by atoms with van der Waals surface area (Å²) < 4.78 is 4.21. The van der Waals surface area contributed by atoms with Crippen LogP contribution < -0.4 is 0 Å². The van der Waals surface area contributed by atoms with Crippen molar-refractivity contribution in [3.05, 3.63) is 33.8 Å². The molecule has 0 aromatic carbocycles. The highest BCUT2D eigenvalue weighted by Crippen LogP contribution is 2.21. The minimum absolute atomic E-state index is 0.0358. The van der Waals surface area contributed by atoms with Gasteiger partial charge in [0, 0.05) is 20.3 Å². The first-order valence-corrected chi connectivity index (χ1v) is 5.99. The molecule has 2 aromatic rings. The molecule has 0 spiro atoms. The Morgan fingerprint density at radius 3 is 2.59 bits per heavy atom. The van der Waals surface area contributed by atoms with Crippen LogP contribution in [0.1, 0.15) is 21.9 Å². The molecule has 6 heteroatoms. The van der Waals surface area contributed by atoms with E-state index >= 15 is 0 Å². The topological polar surface area (TPSA) is 52.7 Å². The van der Waals surface area contributed by atoms with E-state index in [2.05, 4.69) is 26.1 Å². The zero-order valence-corrected chi connectivity index (χ0v) is 11.5. The van der Waals surface area contributed by atoms with Crippen LogP contribution in [0, 0.1) is 6.92 Å². The van der Waals surface area contributed by atoms with Gasteiger partial charge in [0.15, 0.2) is 5.78 Å². The summed E-state index contributed by atoms with van der Waals surface area (Å²) in [6.07, 6.45) is 1.94. The van der Waals surface area contributed by atoms with Gasteiger partial charge in [0.25, 0.3) is 0 Å². The third-order valence-electron chi connectivity index (χ3n) is 2.70. The molecule has 0 fully saturated rings. The Labute approximate surface area is 108 Å². The molecule has 17 heavy (non-hydrogen) atoms. The fourth-order valence-corrected chi connectivity index (χ4v) is 2.24. The van der Waals surface area contributed by atoms with Gasteiger partial charge in [-0.3, -0.25) is 14.2 Å². The van der Waals surface area contributed by atoms with E-state index in [1.165, 1.54) is 0 Å². The fourth-order valence-electron chi connectivity index (χ4n) is 1.76. The summed E-state index contributed by atoms with van der Waals surface area (Å²) in [7, 11) is 3.60. The van der Waals surface area contributed by atoms with Crippen LogP contribution in [0.3, 0.4) is 0 Å². The lowest BCUT2D eigenvalue weighted by atomic mass is 10.1. The Morgan fingerprint density at radius 1 is 1.41 bits per heavy atom. The smallest absolute Gasteiger partial charge is 0.186 e. The van der Waals surface area contributed by atoms with Gasteiger partial charge in [-0.1, -0.05) is 0 Å². The highest BCUT2D eigenvalue weighted by Gasteiger charge is 2.17. The molecular weight excluding hydrogens is 284 g/mol. The Morgan fingerprint density at radius 2 is 2.12 bits per heavy atom. The second kappa shape index (κ2) is 4.44. The van der Waals surface area contributed by atoms with E-state index in [9.17, 15) is 4.79 Å². The number of carbonyl (C=O) groups excluding carboxylic acids is 1. The molecule has 0 bridgehead atoms. The Kier molecular flexibility index (Phi) is 3.15. The molecule has 0 N–H and O–H groups in total. The maximum absolute atomic E-state index is 12.1. The number of nitrogens with zero attached hydrogens (tertiary/aromatic N) is 4. The molecule has 2 aromatic heterocycles. The quantitative estimate of drug-likeness (QED) is 0.809. The van der Waals surface area contributed by atoms with E-state index < -0.39 is 0 Å². The van der Waals surface area contributed by atoms with E-state index in [1.807, 2.05) is 14.0 Å². The number of ketones is 1. The predicted octanol–water partition coefficient (Wildman–Crippen LogP) is 1.65. The van der Waals surface area contributed by atoms with Gasteiger partial charge < -0.3 is 0 Å². The van der Waals surface area contributed by atoms with Crippen LogP contribution >= 0.6 is 15.9 Å². The maximum atomic E-state index is 12.1. The largest absolute Gasteiger partial charge is 0.292 e. The molecule has 0 atom stereocenters. The first kappa shape index (κ1) is 12.0. The monoisotopic (exact) mass is 296 g/mol. The number of halogens is 1. The van der Waals surface area contributed by atoms with Crippen LogP contribution in [-0.2, 0) is 20.5 Å². The van der Waals surface area contributed by atoms with Crippen molar-refractivity contribution in [2.24, 2.45) is 14.1 Å². The fraction of sp³-hybridized carbons (Fsp3) is 0.364. The second-order valence-corrected chi connectivity index (χ2v) is 4.70. The molecule has 0 unspecified atom stereocenters. The molecule has 0 aliphatic heterocycles. The number of aryl methyl sites for hydroxylation is 3. The molecular formula is C11H13BrN4O. The summed E-state index contributed by atoms with van der Waals surface area (Å²) in [6, 6.07) is 1.72. The van der Waals surface area contributed by atoms with E-state index in [0.29, 0.717) is 12.1 Å². The van der Waals surface area contributed by atoms with Crippen LogP contribution in [0.5, 0.6) is 0 Å². The summed E-state index contributed by atoms with van der Waals surface area (Å²) in [4.78, 5) is 12.1. The van der Waals surface area contributed by atoms with Crippen molar-refractivity contribution in [1.82, 2.24) is 19.6 Å². The van der Waals surface area contributed by atoms with Crippen molar-refractivity contribution in [3.63, 3.8) is 0 Å². The molecule has 0 amide bonds. The van der Waals surface area contributed by atoms with E-state index in [1.54, 1.807) is 28.7 Å². The maximum Gasteiger partial charge on any atom is 0.186 e. The standard InChI is InChI=1S/C11H13BrN4O/c1-7-11(12)9(16(3)14-7)6-10(17)8-4-5-13-15(8)2/h4-5H,6H2,1-3H3. The summed E-state index contributed by atoms with van der Waals surface area (Å²) in [5.74, 6) is 0.0358. The predicted molar refractivity (Wildman–Crippen MR) is 66.9 cm³/mol. The van der Waals surface area contributed by atoms with Crippen LogP contribution in [0.15, 0.2) is 16.7 Å². The molecule has 2 rings (SSSR count). The highest BCUT2D eigenvalue weighted by atomic mass is 79.9. The first-order valence-electron chi connectivity index (χ1n) is 5.20. The first-order chi connectivity index (χ1) is 8.00. The van der Waals surface area contributed by atoms with Crippen molar-refractivity contribution >= 4 is 21.7 Å². The van der Waals surface area contributed by atoms with Crippen molar-refractivity contribution in [1.29, 1.82) is 0 Å². The van der Waals surface area contributed by atoms with Crippen molar-refractivity contribution in [2.45, 2.75) is 13.3 Å². The van der Waals surface area contributed by atoms with Crippen LogP contribution in [0.4, 0.5) is 0 Å². The molecule has 2 heterocycles. The molecule has 0 aliphatic carbocycles. The zero-order chi connectivity index (χ0) is 12.6. The highest BCUT2D eigenvalue weighted by molar-refractivity contribution is 9.10. The van der Waals surface area contributed by atoms with Gasteiger partial charge in [-0.25, -0.2) is 0 Å². The van der Waals surface area contributed by atoms with Gasteiger partial charge in [0.05, 0.1) is 22.3 Å². The minimum atomic E-state index is 0.0358. The lowest BCUT2D eigenvalue weighted by Gasteiger charge is -2.03. The SMILES string of the molecule is Cc1nn(C)c(CC(=O)c2ccnn2C)c1Br. The second-order valence-electron chi connectivity index (χ2n) is 3.91. The Balaban J connectivity index is 2.28. The lowest BCUT2D eigenvalue weighted by Crippen LogP contribution is -2.12. The molecule has 0 saturated heterocycles. The number of rotatable bonds is 3. The van der Waals surface area contributed by atoms with Gasteiger partial charge in [0.1, 0.15) is 5.69 Å². The third-order valence-corrected chi connectivity index (χ3v) is 3.73. The molecule has 0 radical (unpaired) electrons. The van der Waals surface area contributed by atoms with Crippen molar-refractivity contribution in [3.8, 4) is 0 Å². The summed E-state index contributed by atoms with van der Waals surface area (Å²) >= 11 is 3.45. The number of carbonyl (C=O) groups is 1. The van der Waals surface area contributed by atoms with Crippen LogP contribution in [0.2, 0.25) is 0 Å². The van der Waals surface area contributed by atoms with Crippen molar-refractivity contribution < 1.29 is 4.79 Å². The molecule has 5 nitrogen and oxygen atoms in total. The van der Waals surface area contributed by atoms with E-state index in [0.717, 1.165) is 15.9 Å². The zero-order valence-electron chi connectivity index (χ0n) is 9.94. The minimum Gasteiger partial charge on any atom is -0.292 e. The van der Waals surface area contributed by atoms with E-state index in [4.69, 9.17) is 0 Å². The average molecular weight is 297 g/mol.